The molecule has 0 saturated heterocycles. The number of hydrogen-bond donors (Lipinski definition) is 1. The second-order valence-corrected chi connectivity index (χ2v) is 8.78. The van der Waals surface area contributed by atoms with Crippen molar-refractivity contribution in [1.82, 2.24) is 5.32 Å². The third-order valence-corrected chi connectivity index (χ3v) is 4.80. The molecule has 0 fully saturated rings. The molecule has 2 rings (SSSR count). The molecule has 0 spiro atoms. The number of Topliss-reactive ketones (excluding diaryl/α,β-unsaturated/α-hetero) is 2. The minimum Gasteiger partial charge on any atom is -0.313 e. The first kappa shape index (κ1) is 21.0. The zero-order chi connectivity index (χ0) is 20.1. The van der Waals surface area contributed by atoms with E-state index in [9.17, 15) is 9.59 Å². The Morgan fingerprint density at radius 2 is 1.33 bits per heavy atom. The summed E-state index contributed by atoms with van der Waals surface area (Å²) in [5.74, 6) is 0.332. The van der Waals surface area contributed by atoms with Gasteiger partial charge in [-0.15, -0.1) is 0 Å². The number of carbonyl (C=O) groups excluding carboxylic acids is 2. The van der Waals surface area contributed by atoms with Gasteiger partial charge in [-0.05, 0) is 18.5 Å². The predicted octanol–water partition coefficient (Wildman–Crippen LogP) is 5.30. The summed E-state index contributed by atoms with van der Waals surface area (Å²) in [7, 11) is 0. The first-order valence-corrected chi connectivity index (χ1v) is 9.55. The van der Waals surface area contributed by atoms with Crippen LogP contribution in [0.25, 0.3) is 0 Å². The highest BCUT2D eigenvalue weighted by Crippen LogP contribution is 2.25. The molecule has 3 heteroatoms. The summed E-state index contributed by atoms with van der Waals surface area (Å²) < 4.78 is 0. The molecule has 2 aromatic rings. The van der Waals surface area contributed by atoms with Crippen LogP contribution in [0.15, 0.2) is 54.6 Å². The quantitative estimate of drug-likeness (QED) is 0.510. The van der Waals surface area contributed by atoms with Crippen LogP contribution in [0, 0.1) is 10.8 Å². The van der Waals surface area contributed by atoms with Crippen molar-refractivity contribution in [2.45, 2.75) is 47.6 Å². The van der Waals surface area contributed by atoms with Gasteiger partial charge in [0.05, 0.1) is 0 Å². The summed E-state index contributed by atoms with van der Waals surface area (Å²) in [6.07, 6.45) is 0.765. The van der Waals surface area contributed by atoms with Crippen LogP contribution in [0.3, 0.4) is 0 Å². The van der Waals surface area contributed by atoms with Crippen molar-refractivity contribution in [3.63, 3.8) is 0 Å². The third kappa shape index (κ3) is 5.86. The summed E-state index contributed by atoms with van der Waals surface area (Å²) in [5, 5.41) is 3.41. The molecule has 0 atom stereocenters. The van der Waals surface area contributed by atoms with Crippen LogP contribution in [-0.2, 0) is 6.54 Å². The monoisotopic (exact) mass is 365 g/mol. The van der Waals surface area contributed by atoms with Gasteiger partial charge in [0, 0.05) is 28.5 Å². The minimum absolute atomic E-state index is 0.156. The van der Waals surface area contributed by atoms with Crippen molar-refractivity contribution in [2.75, 3.05) is 6.54 Å². The molecule has 0 amide bonds. The molecule has 0 aliphatic rings. The molecule has 0 aliphatic carbocycles. The number of benzene rings is 2. The second-order valence-electron chi connectivity index (χ2n) is 8.78. The van der Waals surface area contributed by atoms with Crippen molar-refractivity contribution >= 4 is 11.6 Å². The van der Waals surface area contributed by atoms with E-state index in [1.54, 1.807) is 0 Å². The van der Waals surface area contributed by atoms with Crippen LogP contribution in [0.2, 0.25) is 0 Å². The highest BCUT2D eigenvalue weighted by atomic mass is 16.1. The summed E-state index contributed by atoms with van der Waals surface area (Å²) in [4.78, 5) is 24.9. The molecule has 0 aliphatic heterocycles. The lowest BCUT2D eigenvalue weighted by molar-refractivity contribution is 0.0825. The van der Waals surface area contributed by atoms with Gasteiger partial charge in [-0.25, -0.2) is 0 Å². The Labute approximate surface area is 163 Å². The fourth-order valence-corrected chi connectivity index (χ4v) is 2.93. The van der Waals surface area contributed by atoms with Crippen molar-refractivity contribution in [3.8, 4) is 0 Å². The Hall–Kier alpha value is -2.26. The van der Waals surface area contributed by atoms with E-state index in [1.165, 1.54) is 0 Å². The van der Waals surface area contributed by atoms with E-state index in [4.69, 9.17) is 0 Å². The fraction of sp³-hybridized carbons (Fsp3) is 0.417. The summed E-state index contributed by atoms with van der Waals surface area (Å²) >= 11 is 0. The van der Waals surface area contributed by atoms with E-state index in [0.29, 0.717) is 0 Å². The lowest BCUT2D eigenvalue weighted by Gasteiger charge is -2.23. The predicted molar refractivity (Wildman–Crippen MR) is 111 cm³/mol. The van der Waals surface area contributed by atoms with Gasteiger partial charge in [-0.3, -0.25) is 9.59 Å². The van der Waals surface area contributed by atoms with E-state index >= 15 is 0 Å². The van der Waals surface area contributed by atoms with Gasteiger partial charge in [0.15, 0.2) is 11.6 Å². The van der Waals surface area contributed by atoms with Crippen molar-refractivity contribution < 1.29 is 9.59 Å². The molecule has 0 radical (unpaired) electrons. The van der Waals surface area contributed by atoms with Crippen LogP contribution in [0.1, 0.15) is 67.3 Å². The van der Waals surface area contributed by atoms with E-state index in [-0.39, 0.29) is 17.0 Å². The van der Waals surface area contributed by atoms with Crippen LogP contribution >= 0.6 is 0 Å². The van der Waals surface area contributed by atoms with Gasteiger partial charge in [0.25, 0.3) is 0 Å². The lowest BCUT2D eigenvalue weighted by atomic mass is 9.81. The Bertz CT molecular complexity index is 768. The van der Waals surface area contributed by atoms with Gasteiger partial charge >= 0.3 is 0 Å². The molecular formula is C24H31NO2. The zero-order valence-corrected chi connectivity index (χ0v) is 17.1. The van der Waals surface area contributed by atoms with Crippen LogP contribution in [0.5, 0.6) is 0 Å². The summed E-state index contributed by atoms with van der Waals surface area (Å²) in [5.41, 5.74) is 1.88. The number of nitrogens with one attached hydrogen (secondary N) is 1. The highest BCUT2D eigenvalue weighted by Gasteiger charge is 2.27. The fourth-order valence-electron chi connectivity index (χ4n) is 2.93. The first-order valence-electron chi connectivity index (χ1n) is 9.55. The third-order valence-electron chi connectivity index (χ3n) is 4.80. The average Bonchev–Trinajstić information content (AvgIpc) is 2.64. The maximum atomic E-state index is 12.7. The Morgan fingerprint density at radius 3 is 1.89 bits per heavy atom. The SMILES string of the molecule is CC(C)(C)C(=O)c1ccc(CNCCC(C)(C)C(=O)c2ccccc2)cc1. The molecule has 144 valence electrons. The van der Waals surface area contributed by atoms with Crippen molar-refractivity contribution in [3.05, 3.63) is 71.3 Å². The normalized spacial score (nSPS) is 12.0. The van der Waals surface area contributed by atoms with Gasteiger partial charge in [0.2, 0.25) is 0 Å². The molecule has 0 bridgehead atoms. The van der Waals surface area contributed by atoms with Crippen LogP contribution < -0.4 is 5.32 Å². The standard InChI is InChI=1S/C24H31NO2/c1-23(2,3)21(26)20-13-11-18(12-14-20)17-25-16-15-24(4,5)22(27)19-9-7-6-8-10-19/h6-14,25H,15-17H2,1-5H3. The maximum Gasteiger partial charge on any atom is 0.168 e. The van der Waals surface area contributed by atoms with E-state index in [1.807, 2.05) is 89.2 Å². The molecule has 0 saturated carbocycles. The smallest absolute Gasteiger partial charge is 0.168 e. The Morgan fingerprint density at radius 1 is 0.778 bits per heavy atom. The van der Waals surface area contributed by atoms with Gasteiger partial charge in [0.1, 0.15) is 0 Å². The van der Waals surface area contributed by atoms with Crippen LogP contribution in [0.4, 0.5) is 0 Å². The topological polar surface area (TPSA) is 46.2 Å². The van der Waals surface area contributed by atoms with Gasteiger partial charge < -0.3 is 5.32 Å². The van der Waals surface area contributed by atoms with Crippen molar-refractivity contribution in [2.24, 2.45) is 10.8 Å². The summed E-state index contributed by atoms with van der Waals surface area (Å²) in [6.45, 7) is 11.3. The maximum absolute atomic E-state index is 12.7. The lowest BCUT2D eigenvalue weighted by Crippen LogP contribution is -2.29. The molecular weight excluding hydrogens is 334 g/mol. The number of hydrogen-bond acceptors (Lipinski definition) is 3. The largest absolute Gasteiger partial charge is 0.313 e. The van der Waals surface area contributed by atoms with Crippen molar-refractivity contribution in [1.29, 1.82) is 0 Å². The summed E-state index contributed by atoms with van der Waals surface area (Å²) in [6, 6.07) is 17.2. The van der Waals surface area contributed by atoms with Gasteiger partial charge in [-0.2, -0.15) is 0 Å². The van der Waals surface area contributed by atoms with E-state index in [2.05, 4.69) is 5.32 Å². The average molecular weight is 366 g/mol. The number of rotatable bonds is 8. The first-order chi connectivity index (χ1) is 12.6. The Balaban J connectivity index is 1.84. The van der Waals surface area contributed by atoms with Gasteiger partial charge in [-0.1, -0.05) is 89.2 Å². The number of carbonyl (C=O) groups is 2. The molecule has 0 unspecified atom stereocenters. The van der Waals surface area contributed by atoms with Crippen LogP contribution in [-0.4, -0.2) is 18.1 Å². The van der Waals surface area contributed by atoms with E-state index < -0.39 is 5.41 Å². The molecule has 0 heterocycles. The zero-order valence-electron chi connectivity index (χ0n) is 17.1. The molecule has 2 aromatic carbocycles. The second kappa shape index (κ2) is 8.62. The molecule has 0 aromatic heterocycles. The Kier molecular flexibility index (Phi) is 6.72. The molecule has 27 heavy (non-hydrogen) atoms. The molecule has 1 N–H and O–H groups in total. The highest BCUT2D eigenvalue weighted by molar-refractivity contribution is 6.00. The van der Waals surface area contributed by atoms with E-state index in [0.717, 1.165) is 36.2 Å². The number of ketones is 2. The minimum atomic E-state index is -0.405. The molecule has 3 nitrogen and oxygen atoms in total.